The van der Waals surface area contributed by atoms with Gasteiger partial charge in [0.2, 0.25) is 0 Å². The zero-order chi connectivity index (χ0) is 23.7. The van der Waals surface area contributed by atoms with E-state index < -0.39 is 6.09 Å². The SMILES string of the molecule is COC(=O)Nc1nc(-c2ccccc2)c(-c2nc3ccccc3c(=O)n2-c2ccccc2Cl)s1. The number of thiazole rings is 1. The smallest absolute Gasteiger partial charge is 0.413 e. The van der Waals surface area contributed by atoms with Crippen molar-refractivity contribution in [1.29, 1.82) is 0 Å². The molecule has 1 amide bonds. The molecule has 0 fully saturated rings. The fraction of sp³-hybridized carbons (Fsp3) is 0.0400. The third-order valence-electron chi connectivity index (χ3n) is 5.14. The van der Waals surface area contributed by atoms with E-state index >= 15 is 0 Å². The van der Waals surface area contributed by atoms with Crippen LogP contribution in [0.1, 0.15) is 0 Å². The number of ether oxygens (including phenoxy) is 1. The van der Waals surface area contributed by atoms with Crippen LogP contribution in [0.15, 0.2) is 83.7 Å². The van der Waals surface area contributed by atoms with Gasteiger partial charge in [-0.25, -0.2) is 14.8 Å². The number of aromatic nitrogens is 3. The van der Waals surface area contributed by atoms with E-state index in [0.717, 1.165) is 5.56 Å². The van der Waals surface area contributed by atoms with Crippen LogP contribution in [0.4, 0.5) is 9.93 Å². The number of hydrogen-bond acceptors (Lipinski definition) is 6. The fourth-order valence-corrected chi connectivity index (χ4v) is 4.77. The van der Waals surface area contributed by atoms with E-state index in [2.05, 4.69) is 10.3 Å². The molecular weight excluding hydrogens is 472 g/mol. The van der Waals surface area contributed by atoms with Crippen LogP contribution in [0.25, 0.3) is 38.5 Å². The zero-order valence-electron chi connectivity index (χ0n) is 17.9. The number of hydrogen-bond donors (Lipinski definition) is 1. The molecule has 0 radical (unpaired) electrons. The average Bonchev–Trinajstić information content (AvgIpc) is 3.28. The van der Waals surface area contributed by atoms with Crippen molar-refractivity contribution >= 4 is 45.1 Å². The molecule has 168 valence electrons. The summed E-state index contributed by atoms with van der Waals surface area (Å²) in [5.74, 6) is 0.367. The van der Waals surface area contributed by atoms with Crippen molar-refractivity contribution in [2.75, 3.05) is 12.4 Å². The number of fused-ring (bicyclic) bond motifs is 1. The number of nitrogens with one attached hydrogen (secondary N) is 1. The first kappa shape index (κ1) is 21.8. The number of rotatable bonds is 4. The van der Waals surface area contributed by atoms with Gasteiger partial charge in [-0.1, -0.05) is 77.5 Å². The molecule has 7 nitrogen and oxygen atoms in total. The lowest BCUT2D eigenvalue weighted by Crippen LogP contribution is -2.22. The van der Waals surface area contributed by atoms with Gasteiger partial charge in [-0.2, -0.15) is 0 Å². The van der Waals surface area contributed by atoms with Crippen molar-refractivity contribution < 1.29 is 9.53 Å². The summed E-state index contributed by atoms with van der Waals surface area (Å²) in [5.41, 5.74) is 2.15. The van der Waals surface area contributed by atoms with Gasteiger partial charge in [-0.3, -0.25) is 14.7 Å². The number of carbonyl (C=O) groups excluding carboxylic acids is 1. The molecule has 0 aliphatic carbocycles. The van der Waals surface area contributed by atoms with Crippen molar-refractivity contribution in [2.24, 2.45) is 0 Å². The third kappa shape index (κ3) is 3.93. The van der Waals surface area contributed by atoms with Crippen LogP contribution in [0.5, 0.6) is 0 Å². The predicted octanol–water partition coefficient (Wildman–Crippen LogP) is 6.01. The Kier molecular flexibility index (Phi) is 5.83. The maximum Gasteiger partial charge on any atom is 0.413 e. The van der Waals surface area contributed by atoms with Gasteiger partial charge in [0.05, 0.1) is 34.4 Å². The van der Waals surface area contributed by atoms with E-state index in [1.165, 1.54) is 23.0 Å². The van der Waals surface area contributed by atoms with Gasteiger partial charge >= 0.3 is 6.09 Å². The molecular formula is C25H17ClN4O3S. The van der Waals surface area contributed by atoms with Crippen LogP contribution in [-0.2, 0) is 4.74 Å². The van der Waals surface area contributed by atoms with Gasteiger partial charge in [0.15, 0.2) is 11.0 Å². The Hall–Kier alpha value is -4.01. The summed E-state index contributed by atoms with van der Waals surface area (Å²) in [6, 6.07) is 23.7. The van der Waals surface area contributed by atoms with E-state index in [9.17, 15) is 9.59 Å². The summed E-state index contributed by atoms with van der Waals surface area (Å²) in [6.45, 7) is 0. The Labute approximate surface area is 203 Å². The molecule has 9 heteroatoms. The highest BCUT2D eigenvalue weighted by atomic mass is 35.5. The molecule has 5 rings (SSSR count). The molecule has 34 heavy (non-hydrogen) atoms. The van der Waals surface area contributed by atoms with Crippen molar-refractivity contribution in [3.8, 4) is 27.6 Å². The molecule has 0 saturated heterocycles. The van der Waals surface area contributed by atoms with Gasteiger partial charge in [-0.15, -0.1) is 0 Å². The first-order chi connectivity index (χ1) is 16.6. The van der Waals surface area contributed by atoms with E-state index in [0.29, 0.717) is 43.1 Å². The molecule has 3 aromatic carbocycles. The number of carbonyl (C=O) groups is 1. The van der Waals surface area contributed by atoms with E-state index in [1.54, 1.807) is 36.4 Å². The normalized spacial score (nSPS) is 10.9. The molecule has 2 aromatic heterocycles. The molecule has 0 aliphatic rings. The minimum atomic E-state index is -0.644. The van der Waals surface area contributed by atoms with Crippen LogP contribution in [0.3, 0.4) is 0 Å². The average molecular weight is 489 g/mol. The summed E-state index contributed by atoms with van der Waals surface area (Å²) in [7, 11) is 1.28. The van der Waals surface area contributed by atoms with Crippen LogP contribution >= 0.6 is 22.9 Å². The molecule has 1 N–H and O–H groups in total. The minimum absolute atomic E-state index is 0.261. The summed E-state index contributed by atoms with van der Waals surface area (Å²) < 4.78 is 6.22. The van der Waals surface area contributed by atoms with E-state index in [4.69, 9.17) is 21.3 Å². The molecule has 5 aromatic rings. The van der Waals surface area contributed by atoms with Crippen molar-refractivity contribution in [1.82, 2.24) is 14.5 Å². The first-order valence-electron chi connectivity index (χ1n) is 10.2. The number of anilines is 1. The fourth-order valence-electron chi connectivity index (χ4n) is 3.60. The van der Waals surface area contributed by atoms with Crippen LogP contribution in [-0.4, -0.2) is 27.7 Å². The number of methoxy groups -OCH3 is 1. The number of para-hydroxylation sites is 2. The Morgan fingerprint density at radius 2 is 1.68 bits per heavy atom. The third-order valence-corrected chi connectivity index (χ3v) is 6.43. The molecule has 2 heterocycles. The monoisotopic (exact) mass is 488 g/mol. The van der Waals surface area contributed by atoms with E-state index in [1.807, 2.05) is 42.5 Å². The lowest BCUT2D eigenvalue weighted by molar-refractivity contribution is 0.187. The second kappa shape index (κ2) is 9.09. The van der Waals surface area contributed by atoms with Crippen LogP contribution in [0, 0.1) is 0 Å². The largest absolute Gasteiger partial charge is 0.453 e. The standard InChI is InChI=1S/C25H17ClN4O3S/c1-33-25(32)29-24-28-20(15-9-3-2-4-10-15)21(34-24)22-27-18-13-7-5-11-16(18)23(31)30(22)19-14-8-6-12-17(19)26/h2-14H,1H3,(H,28,29,32). The molecule has 0 bridgehead atoms. The van der Waals surface area contributed by atoms with Gasteiger partial charge in [0.1, 0.15) is 4.88 Å². The molecule has 0 unspecified atom stereocenters. The number of amides is 1. The predicted molar refractivity (Wildman–Crippen MR) is 135 cm³/mol. The van der Waals surface area contributed by atoms with Crippen LogP contribution in [0.2, 0.25) is 5.02 Å². The minimum Gasteiger partial charge on any atom is -0.453 e. The lowest BCUT2D eigenvalue weighted by atomic mass is 10.1. The highest BCUT2D eigenvalue weighted by molar-refractivity contribution is 7.19. The maximum absolute atomic E-state index is 13.7. The molecule has 0 atom stereocenters. The Morgan fingerprint density at radius 3 is 2.44 bits per heavy atom. The molecule has 0 spiro atoms. The second-order valence-corrected chi connectivity index (χ2v) is 8.63. The second-order valence-electron chi connectivity index (χ2n) is 7.22. The number of halogens is 1. The van der Waals surface area contributed by atoms with Crippen molar-refractivity contribution in [3.05, 3.63) is 94.2 Å². The Balaban J connectivity index is 1.86. The lowest BCUT2D eigenvalue weighted by Gasteiger charge is -2.14. The summed E-state index contributed by atoms with van der Waals surface area (Å²) in [4.78, 5) is 35.7. The number of benzene rings is 3. The van der Waals surface area contributed by atoms with Gasteiger partial charge < -0.3 is 4.74 Å². The van der Waals surface area contributed by atoms with Crippen molar-refractivity contribution in [2.45, 2.75) is 0 Å². The van der Waals surface area contributed by atoms with Gasteiger partial charge in [0.25, 0.3) is 5.56 Å². The quantitative estimate of drug-likeness (QED) is 0.335. The van der Waals surface area contributed by atoms with Gasteiger partial charge in [0, 0.05) is 5.56 Å². The van der Waals surface area contributed by atoms with Gasteiger partial charge in [-0.05, 0) is 24.3 Å². The Bertz CT molecular complexity index is 1580. The zero-order valence-corrected chi connectivity index (χ0v) is 19.4. The summed E-state index contributed by atoms with van der Waals surface area (Å²) >= 11 is 7.71. The topological polar surface area (TPSA) is 86.1 Å². The van der Waals surface area contributed by atoms with Crippen LogP contribution < -0.4 is 10.9 Å². The summed E-state index contributed by atoms with van der Waals surface area (Å²) in [6.07, 6.45) is -0.644. The molecule has 0 saturated carbocycles. The van der Waals surface area contributed by atoms with E-state index in [-0.39, 0.29) is 5.56 Å². The van der Waals surface area contributed by atoms with Crippen molar-refractivity contribution in [3.63, 3.8) is 0 Å². The first-order valence-corrected chi connectivity index (χ1v) is 11.4. The number of nitrogens with zero attached hydrogens (tertiary/aromatic N) is 3. The summed E-state index contributed by atoms with van der Waals surface area (Å²) in [5, 5.41) is 3.80. The maximum atomic E-state index is 13.7. The Morgan fingerprint density at radius 1 is 0.971 bits per heavy atom. The molecule has 0 aliphatic heterocycles. The highest BCUT2D eigenvalue weighted by Gasteiger charge is 2.23. The highest BCUT2D eigenvalue weighted by Crippen LogP contribution is 2.39.